The Bertz CT molecular complexity index is 744. The average Bonchev–Trinajstić information content (AvgIpc) is 2.92. The maximum Gasteiger partial charge on any atom is 0.409 e. The average molecular weight is 306 g/mol. The van der Waals surface area contributed by atoms with Crippen molar-refractivity contribution in [1.29, 1.82) is 0 Å². The second-order valence-corrected chi connectivity index (χ2v) is 5.10. The number of anilines is 1. The monoisotopic (exact) mass is 306 g/mol. The van der Waals surface area contributed by atoms with E-state index in [1.807, 2.05) is 4.90 Å². The number of amides is 1. The molecule has 9 heteroatoms. The maximum absolute atomic E-state index is 11.7. The molecule has 2 aromatic heterocycles. The number of nitrogens with zero attached hydrogens (tertiary/aromatic N) is 5. The first-order valence-electron chi connectivity index (χ1n) is 7.22. The Hall–Kier alpha value is -2.58. The van der Waals surface area contributed by atoms with E-state index in [9.17, 15) is 9.59 Å². The third-order valence-corrected chi connectivity index (χ3v) is 3.59. The molecule has 118 valence electrons. The summed E-state index contributed by atoms with van der Waals surface area (Å²) >= 11 is 0. The topological polar surface area (TPSA) is 95.8 Å². The number of rotatable bonds is 2. The number of hydrogen-bond donors (Lipinski definition) is 1. The van der Waals surface area contributed by atoms with Gasteiger partial charge < -0.3 is 14.5 Å². The van der Waals surface area contributed by atoms with Gasteiger partial charge in [0.2, 0.25) is 11.7 Å². The van der Waals surface area contributed by atoms with Crippen LogP contribution in [0, 0.1) is 6.92 Å². The minimum atomic E-state index is -0.287. The molecule has 0 aromatic carbocycles. The Labute approximate surface area is 126 Å². The number of H-pyrrole nitrogens is 1. The molecule has 2 aromatic rings. The summed E-state index contributed by atoms with van der Waals surface area (Å²) in [7, 11) is 0. The Morgan fingerprint density at radius 2 is 2.09 bits per heavy atom. The molecule has 1 fully saturated rings. The highest BCUT2D eigenvalue weighted by atomic mass is 16.6. The smallest absolute Gasteiger partial charge is 0.409 e. The van der Waals surface area contributed by atoms with Crippen molar-refractivity contribution in [3.8, 4) is 0 Å². The van der Waals surface area contributed by atoms with Crippen LogP contribution in [0.4, 0.5) is 10.7 Å². The first kappa shape index (κ1) is 14.4. The van der Waals surface area contributed by atoms with Crippen LogP contribution in [0.2, 0.25) is 0 Å². The maximum atomic E-state index is 11.7. The quantitative estimate of drug-likeness (QED) is 0.839. The summed E-state index contributed by atoms with van der Waals surface area (Å²) in [5, 5.41) is 4.41. The van der Waals surface area contributed by atoms with E-state index in [0.29, 0.717) is 44.5 Å². The van der Waals surface area contributed by atoms with Crippen molar-refractivity contribution < 1.29 is 9.53 Å². The van der Waals surface area contributed by atoms with E-state index in [0.717, 1.165) is 5.69 Å². The van der Waals surface area contributed by atoms with Gasteiger partial charge >= 0.3 is 6.09 Å². The van der Waals surface area contributed by atoms with Crippen molar-refractivity contribution in [2.24, 2.45) is 0 Å². The summed E-state index contributed by atoms with van der Waals surface area (Å²) in [5.41, 5.74) is 0.527. The molecule has 3 heterocycles. The van der Waals surface area contributed by atoms with Crippen LogP contribution in [-0.2, 0) is 4.74 Å². The molecule has 1 N–H and O–H groups in total. The molecule has 0 atom stereocenters. The molecule has 0 aliphatic carbocycles. The number of aryl methyl sites for hydroxylation is 1. The van der Waals surface area contributed by atoms with Gasteiger partial charge in [-0.1, -0.05) is 0 Å². The number of ether oxygens (including phenoxy) is 1. The van der Waals surface area contributed by atoms with E-state index >= 15 is 0 Å². The number of carbonyl (C=O) groups is 1. The SMILES string of the molecule is CCOC(=O)N1CCN(c2nc3[nH]c(=O)cc(C)n3n2)CC1. The summed E-state index contributed by atoms with van der Waals surface area (Å²) < 4.78 is 6.60. The third kappa shape index (κ3) is 2.61. The normalized spacial score (nSPS) is 15.4. The van der Waals surface area contributed by atoms with Crippen LogP contribution in [0.25, 0.3) is 5.78 Å². The number of aromatic nitrogens is 4. The Morgan fingerprint density at radius 3 is 2.77 bits per heavy atom. The fourth-order valence-electron chi connectivity index (χ4n) is 2.46. The van der Waals surface area contributed by atoms with Crippen molar-refractivity contribution in [2.75, 3.05) is 37.7 Å². The van der Waals surface area contributed by atoms with Gasteiger partial charge in [-0.2, -0.15) is 4.98 Å². The van der Waals surface area contributed by atoms with Crippen LogP contribution in [0.5, 0.6) is 0 Å². The first-order valence-corrected chi connectivity index (χ1v) is 7.22. The number of aromatic amines is 1. The summed E-state index contributed by atoms with van der Waals surface area (Å²) in [6, 6.07) is 1.48. The lowest BCUT2D eigenvalue weighted by Crippen LogP contribution is -2.49. The highest BCUT2D eigenvalue weighted by Crippen LogP contribution is 2.13. The zero-order chi connectivity index (χ0) is 15.7. The van der Waals surface area contributed by atoms with Crippen molar-refractivity contribution in [1.82, 2.24) is 24.5 Å². The van der Waals surface area contributed by atoms with E-state index < -0.39 is 0 Å². The zero-order valence-electron chi connectivity index (χ0n) is 12.6. The molecule has 9 nitrogen and oxygen atoms in total. The molecule has 1 aliphatic heterocycles. The summed E-state index contributed by atoms with van der Waals surface area (Å²) in [6.45, 7) is 6.34. The predicted molar refractivity (Wildman–Crippen MR) is 79.2 cm³/mol. The Balaban J connectivity index is 1.75. The highest BCUT2D eigenvalue weighted by molar-refractivity contribution is 5.68. The lowest BCUT2D eigenvalue weighted by atomic mass is 10.3. The van der Waals surface area contributed by atoms with E-state index in [1.54, 1.807) is 23.3 Å². The predicted octanol–water partition coefficient (Wildman–Crippen LogP) is 0.00452. The molecule has 0 saturated carbocycles. The van der Waals surface area contributed by atoms with Crippen LogP contribution in [-0.4, -0.2) is 63.4 Å². The van der Waals surface area contributed by atoms with E-state index in [1.165, 1.54) is 6.07 Å². The number of nitrogens with one attached hydrogen (secondary N) is 1. The summed E-state index contributed by atoms with van der Waals surface area (Å²) in [4.78, 5) is 33.8. The van der Waals surface area contributed by atoms with Gasteiger partial charge in [-0.3, -0.25) is 9.78 Å². The van der Waals surface area contributed by atoms with Crippen molar-refractivity contribution in [3.63, 3.8) is 0 Å². The number of piperazine rings is 1. The molecule has 0 unspecified atom stereocenters. The van der Waals surface area contributed by atoms with Gasteiger partial charge in [-0.15, -0.1) is 5.10 Å². The Kier molecular flexibility index (Phi) is 3.70. The first-order chi connectivity index (χ1) is 10.6. The van der Waals surface area contributed by atoms with Gasteiger partial charge in [0, 0.05) is 37.9 Å². The number of hydrogen-bond acceptors (Lipinski definition) is 6. The molecule has 0 spiro atoms. The summed E-state index contributed by atoms with van der Waals surface area (Å²) in [5.74, 6) is 0.973. The number of carbonyl (C=O) groups excluding carboxylic acids is 1. The second-order valence-electron chi connectivity index (χ2n) is 5.10. The van der Waals surface area contributed by atoms with Gasteiger partial charge in [0.15, 0.2) is 0 Å². The lowest BCUT2D eigenvalue weighted by Gasteiger charge is -2.33. The van der Waals surface area contributed by atoms with E-state index in [-0.39, 0.29) is 11.7 Å². The molecule has 1 amide bonds. The lowest BCUT2D eigenvalue weighted by molar-refractivity contribution is 0.105. The minimum absolute atomic E-state index is 0.198. The van der Waals surface area contributed by atoms with Crippen LogP contribution < -0.4 is 10.5 Å². The summed E-state index contributed by atoms with van der Waals surface area (Å²) in [6.07, 6.45) is -0.287. The molecule has 1 aliphatic rings. The molecular formula is C13H18N6O3. The molecular weight excluding hydrogens is 288 g/mol. The van der Waals surface area contributed by atoms with E-state index in [4.69, 9.17) is 4.74 Å². The minimum Gasteiger partial charge on any atom is -0.450 e. The van der Waals surface area contributed by atoms with Gasteiger partial charge in [-0.05, 0) is 13.8 Å². The van der Waals surface area contributed by atoms with Crippen molar-refractivity contribution >= 4 is 17.8 Å². The third-order valence-electron chi connectivity index (χ3n) is 3.59. The van der Waals surface area contributed by atoms with Gasteiger partial charge in [0.25, 0.3) is 5.56 Å². The zero-order valence-corrected chi connectivity index (χ0v) is 12.6. The fourth-order valence-corrected chi connectivity index (χ4v) is 2.46. The van der Waals surface area contributed by atoms with Gasteiger partial charge in [-0.25, -0.2) is 9.31 Å². The second kappa shape index (κ2) is 5.66. The van der Waals surface area contributed by atoms with Gasteiger partial charge in [0.05, 0.1) is 6.61 Å². The van der Waals surface area contributed by atoms with Gasteiger partial charge in [0.1, 0.15) is 0 Å². The number of fused-ring (bicyclic) bond motifs is 1. The van der Waals surface area contributed by atoms with Crippen LogP contribution in [0.1, 0.15) is 12.6 Å². The highest BCUT2D eigenvalue weighted by Gasteiger charge is 2.24. The molecule has 0 bridgehead atoms. The largest absolute Gasteiger partial charge is 0.450 e. The molecule has 3 rings (SSSR count). The van der Waals surface area contributed by atoms with Crippen LogP contribution in [0.15, 0.2) is 10.9 Å². The van der Waals surface area contributed by atoms with Crippen molar-refractivity contribution in [3.05, 3.63) is 22.1 Å². The van der Waals surface area contributed by atoms with Crippen LogP contribution >= 0.6 is 0 Å². The fraction of sp³-hybridized carbons (Fsp3) is 0.538. The molecule has 0 radical (unpaired) electrons. The standard InChI is InChI=1S/C13H18N6O3/c1-3-22-13(21)18-6-4-17(5-7-18)12-15-11-14-10(20)8-9(2)19(11)16-12/h8H,3-7H2,1-2H3,(H,14,15,16,20). The molecule has 22 heavy (non-hydrogen) atoms. The van der Waals surface area contributed by atoms with E-state index in [2.05, 4.69) is 15.1 Å². The Morgan fingerprint density at radius 1 is 1.36 bits per heavy atom. The van der Waals surface area contributed by atoms with Crippen molar-refractivity contribution in [2.45, 2.75) is 13.8 Å². The van der Waals surface area contributed by atoms with Crippen LogP contribution in [0.3, 0.4) is 0 Å². The molecule has 1 saturated heterocycles.